The van der Waals surface area contributed by atoms with E-state index >= 15 is 0 Å². The summed E-state index contributed by atoms with van der Waals surface area (Å²) in [5.74, 6) is 0.384. The van der Waals surface area contributed by atoms with Crippen molar-refractivity contribution in [3.8, 4) is 0 Å². The lowest BCUT2D eigenvalue weighted by molar-refractivity contribution is -0.478. The van der Waals surface area contributed by atoms with Gasteiger partial charge in [-0.1, -0.05) is 6.92 Å². The van der Waals surface area contributed by atoms with E-state index in [-0.39, 0.29) is 17.9 Å². The second kappa shape index (κ2) is 4.69. The molecule has 10 heavy (non-hydrogen) atoms. The number of aldehydes is 1. The summed E-state index contributed by atoms with van der Waals surface area (Å²) in [4.78, 5) is 10.0. The van der Waals surface area contributed by atoms with Crippen LogP contribution in [0.2, 0.25) is 0 Å². The lowest BCUT2D eigenvalue weighted by atomic mass is 9.88. The summed E-state index contributed by atoms with van der Waals surface area (Å²) in [6, 6.07) is 0. The van der Waals surface area contributed by atoms with Crippen LogP contribution in [0.3, 0.4) is 0 Å². The van der Waals surface area contributed by atoms with Crippen molar-refractivity contribution in [3.63, 3.8) is 0 Å². The fraction of sp³-hybridized carbons (Fsp3) is 0.857. The molecule has 0 rings (SSSR count). The lowest BCUT2D eigenvalue weighted by Crippen LogP contribution is -3.00. The van der Waals surface area contributed by atoms with Crippen LogP contribution in [0, 0.1) is 5.92 Å². The van der Waals surface area contributed by atoms with Crippen molar-refractivity contribution in [2.24, 2.45) is 5.92 Å². The first-order valence-corrected chi connectivity index (χ1v) is 3.27. The molecule has 0 radical (unpaired) electrons. The van der Waals surface area contributed by atoms with Gasteiger partial charge in [0.25, 0.3) is 0 Å². The Labute approximate surface area is 68.6 Å². The second-order valence-corrected chi connectivity index (χ2v) is 3.29. The largest absolute Gasteiger partial charge is 1.00 e. The van der Waals surface area contributed by atoms with Gasteiger partial charge in [0.2, 0.25) is 0 Å². The van der Waals surface area contributed by atoms with E-state index in [9.17, 15) is 4.79 Å². The fourth-order valence-electron chi connectivity index (χ4n) is 0.463. The van der Waals surface area contributed by atoms with E-state index in [4.69, 9.17) is 0 Å². The molecule has 0 saturated carbocycles. The van der Waals surface area contributed by atoms with Crippen LogP contribution in [0.15, 0.2) is 0 Å². The third-order valence-corrected chi connectivity index (χ3v) is 1.78. The van der Waals surface area contributed by atoms with Gasteiger partial charge in [0.1, 0.15) is 6.29 Å². The number of carbonyl (C=O) groups excluding carboxylic acids is 1. The topological polar surface area (TPSA) is 44.7 Å². The van der Waals surface area contributed by atoms with E-state index < -0.39 is 0 Å². The monoisotopic (exact) mass is 165 g/mol. The average molecular weight is 166 g/mol. The minimum absolute atomic E-state index is 0. The van der Waals surface area contributed by atoms with Crippen molar-refractivity contribution in [1.29, 1.82) is 0 Å². The molecule has 0 saturated heterocycles. The molecular weight excluding hydrogens is 150 g/mol. The van der Waals surface area contributed by atoms with Gasteiger partial charge in [-0.15, -0.1) is 0 Å². The summed E-state index contributed by atoms with van der Waals surface area (Å²) in [6.07, 6.45) is 1.58. The minimum atomic E-state index is 0. The molecule has 3 N–H and O–H groups in total. The van der Waals surface area contributed by atoms with E-state index in [1.807, 2.05) is 20.8 Å². The van der Waals surface area contributed by atoms with Gasteiger partial charge < -0.3 is 22.9 Å². The third-order valence-electron chi connectivity index (χ3n) is 1.78. The van der Waals surface area contributed by atoms with Crippen molar-refractivity contribution in [1.82, 2.24) is 0 Å². The Balaban J connectivity index is 0. The smallest absolute Gasteiger partial charge is 0.120 e. The van der Waals surface area contributed by atoms with Gasteiger partial charge in [0.05, 0.1) is 5.54 Å². The molecule has 3 heteroatoms. The van der Waals surface area contributed by atoms with Crippen molar-refractivity contribution in [2.45, 2.75) is 32.7 Å². The first kappa shape index (κ1) is 12.6. The molecule has 0 spiro atoms. The number of rotatable bonds is 3. The molecule has 0 heterocycles. The molecule has 0 bridgehead atoms. The molecule has 0 aliphatic heterocycles. The Morgan fingerprint density at radius 3 is 2.10 bits per heavy atom. The summed E-state index contributed by atoms with van der Waals surface area (Å²) < 4.78 is 0. The van der Waals surface area contributed by atoms with E-state index in [0.717, 1.165) is 6.29 Å². The summed E-state index contributed by atoms with van der Waals surface area (Å²) in [5.41, 5.74) is 3.96. The molecule has 1 unspecified atom stereocenters. The van der Waals surface area contributed by atoms with Crippen LogP contribution in [0.25, 0.3) is 0 Å². The van der Waals surface area contributed by atoms with Gasteiger partial charge in [-0.25, -0.2) is 0 Å². The minimum Gasteiger partial charge on any atom is -1.00 e. The summed E-state index contributed by atoms with van der Waals surface area (Å²) in [6.45, 7) is 6.13. The number of quaternary nitrogens is 1. The number of hydrogen-bond acceptors (Lipinski definition) is 1. The molecule has 1 atom stereocenters. The van der Waals surface area contributed by atoms with Crippen LogP contribution in [0.4, 0.5) is 0 Å². The molecule has 0 aliphatic rings. The standard InChI is InChI=1S/C7H15NO.ClH/c1-6(4-5-9)7(2,3)8;/h5-6H,4,8H2,1-3H3;1H. The second-order valence-electron chi connectivity index (χ2n) is 3.29. The summed E-state index contributed by atoms with van der Waals surface area (Å²) in [5, 5.41) is 0. The number of carbonyl (C=O) groups is 1. The Morgan fingerprint density at radius 2 is 2.00 bits per heavy atom. The molecule has 0 aliphatic carbocycles. The van der Waals surface area contributed by atoms with Crippen LogP contribution >= 0.6 is 0 Å². The SMILES string of the molecule is CC(CC=O)C(C)(C)[NH3+].[Cl-]. The van der Waals surface area contributed by atoms with E-state index in [2.05, 4.69) is 5.73 Å². The van der Waals surface area contributed by atoms with E-state index in [1.54, 1.807) is 0 Å². The van der Waals surface area contributed by atoms with Crippen LogP contribution in [0.5, 0.6) is 0 Å². The first-order chi connectivity index (χ1) is 3.98. The van der Waals surface area contributed by atoms with Crippen LogP contribution in [0.1, 0.15) is 27.2 Å². The Morgan fingerprint density at radius 1 is 1.60 bits per heavy atom. The molecule has 0 amide bonds. The highest BCUT2D eigenvalue weighted by Gasteiger charge is 2.23. The predicted molar refractivity (Wildman–Crippen MR) is 36.8 cm³/mol. The van der Waals surface area contributed by atoms with Crippen molar-refractivity contribution in [2.75, 3.05) is 0 Å². The van der Waals surface area contributed by atoms with Gasteiger partial charge in [-0.3, -0.25) is 0 Å². The Hall–Kier alpha value is -0.0800. The van der Waals surface area contributed by atoms with Gasteiger partial charge in [-0.2, -0.15) is 0 Å². The third kappa shape index (κ3) is 4.77. The zero-order chi connectivity index (χ0) is 7.49. The van der Waals surface area contributed by atoms with Crippen molar-refractivity contribution < 1.29 is 22.9 Å². The molecule has 0 aromatic heterocycles. The molecule has 0 aromatic rings. The van der Waals surface area contributed by atoms with E-state index in [0.29, 0.717) is 12.3 Å². The highest BCUT2D eigenvalue weighted by Crippen LogP contribution is 2.12. The average Bonchev–Trinajstić information content (AvgIpc) is 1.64. The fourth-order valence-corrected chi connectivity index (χ4v) is 0.463. The highest BCUT2D eigenvalue weighted by molar-refractivity contribution is 5.49. The first-order valence-electron chi connectivity index (χ1n) is 3.27. The van der Waals surface area contributed by atoms with E-state index in [1.165, 1.54) is 0 Å². The molecule has 0 fully saturated rings. The molecule has 62 valence electrons. The van der Waals surface area contributed by atoms with Gasteiger partial charge in [-0.05, 0) is 13.8 Å². The van der Waals surface area contributed by atoms with Crippen molar-refractivity contribution >= 4 is 6.29 Å². The molecule has 0 aromatic carbocycles. The van der Waals surface area contributed by atoms with Crippen LogP contribution in [-0.2, 0) is 4.79 Å². The summed E-state index contributed by atoms with van der Waals surface area (Å²) >= 11 is 0. The van der Waals surface area contributed by atoms with Crippen molar-refractivity contribution in [3.05, 3.63) is 0 Å². The highest BCUT2D eigenvalue weighted by atomic mass is 35.5. The molecular formula is C7H16ClNO. The number of hydrogen-bond donors (Lipinski definition) is 1. The maximum atomic E-state index is 10.0. The molecule has 2 nitrogen and oxygen atoms in total. The lowest BCUT2D eigenvalue weighted by Gasteiger charge is -2.20. The Bertz CT molecular complexity index is 98.3. The van der Waals surface area contributed by atoms with Gasteiger partial charge >= 0.3 is 0 Å². The van der Waals surface area contributed by atoms with Crippen LogP contribution < -0.4 is 18.1 Å². The normalized spacial score (nSPS) is 13.6. The zero-order valence-corrected chi connectivity index (χ0v) is 7.61. The maximum Gasteiger partial charge on any atom is 0.120 e. The maximum absolute atomic E-state index is 10.0. The van der Waals surface area contributed by atoms with Gasteiger partial charge in [0.15, 0.2) is 0 Å². The quantitative estimate of drug-likeness (QED) is 0.453. The Kier molecular flexibility index (Phi) is 5.90. The van der Waals surface area contributed by atoms with Gasteiger partial charge in [0, 0.05) is 12.3 Å². The number of halogens is 1. The summed E-state index contributed by atoms with van der Waals surface area (Å²) in [7, 11) is 0. The predicted octanol–water partition coefficient (Wildman–Crippen LogP) is -2.76. The zero-order valence-electron chi connectivity index (χ0n) is 6.86. The van der Waals surface area contributed by atoms with Crippen LogP contribution in [-0.4, -0.2) is 11.8 Å².